The summed E-state index contributed by atoms with van der Waals surface area (Å²) in [6.45, 7) is 0. The first kappa shape index (κ1) is 21.7. The highest BCUT2D eigenvalue weighted by Gasteiger charge is 2.13. The number of nitro benzene ring substituents is 1. The first-order valence-electron chi connectivity index (χ1n) is 8.81. The Hall–Kier alpha value is -4.05. The molecule has 0 atom stereocenters. The second-order valence-corrected chi connectivity index (χ2v) is 7.16. The van der Waals surface area contributed by atoms with Gasteiger partial charge in [0.15, 0.2) is 0 Å². The number of hydrogen-bond donors (Lipinski definition) is 3. The molecule has 0 aliphatic heterocycles. The van der Waals surface area contributed by atoms with E-state index in [1.54, 1.807) is 24.3 Å². The van der Waals surface area contributed by atoms with Gasteiger partial charge in [0.05, 0.1) is 11.1 Å². The van der Waals surface area contributed by atoms with Gasteiger partial charge in [-0.3, -0.25) is 19.7 Å². The van der Waals surface area contributed by atoms with Gasteiger partial charge in [0.2, 0.25) is 0 Å². The first-order valence-corrected chi connectivity index (χ1v) is 9.60. The molecule has 0 saturated carbocycles. The predicted molar refractivity (Wildman–Crippen MR) is 118 cm³/mol. The van der Waals surface area contributed by atoms with Gasteiger partial charge in [0.1, 0.15) is 5.75 Å². The van der Waals surface area contributed by atoms with E-state index in [9.17, 15) is 24.8 Å². The summed E-state index contributed by atoms with van der Waals surface area (Å²) >= 11 is 3.28. The third kappa shape index (κ3) is 5.73. The van der Waals surface area contributed by atoms with E-state index in [0.717, 1.165) is 10.5 Å². The summed E-state index contributed by atoms with van der Waals surface area (Å²) in [4.78, 5) is 35.0. The van der Waals surface area contributed by atoms with Crippen LogP contribution in [0, 0.1) is 10.1 Å². The molecule has 156 valence electrons. The number of anilines is 1. The summed E-state index contributed by atoms with van der Waals surface area (Å²) in [7, 11) is 0. The van der Waals surface area contributed by atoms with E-state index in [2.05, 4.69) is 31.8 Å². The molecule has 2 amide bonds. The lowest BCUT2D eigenvalue weighted by Crippen LogP contribution is -2.18. The molecule has 3 N–H and O–H groups in total. The number of nitro groups is 1. The van der Waals surface area contributed by atoms with Crippen LogP contribution in [0.5, 0.6) is 5.75 Å². The minimum atomic E-state index is -0.587. The highest BCUT2D eigenvalue weighted by atomic mass is 79.9. The molecule has 0 bridgehead atoms. The Labute approximate surface area is 184 Å². The fourth-order valence-corrected chi connectivity index (χ4v) is 2.93. The molecule has 0 saturated heterocycles. The fraction of sp³-hybridized carbons (Fsp3) is 0. The van der Waals surface area contributed by atoms with Gasteiger partial charge in [-0.15, -0.1) is 0 Å². The third-order valence-electron chi connectivity index (χ3n) is 4.06. The number of halogens is 1. The molecule has 0 aliphatic carbocycles. The van der Waals surface area contributed by atoms with Gasteiger partial charge >= 0.3 is 0 Å². The summed E-state index contributed by atoms with van der Waals surface area (Å²) < 4.78 is 0.741. The molecule has 0 aromatic heterocycles. The number of hydrogen-bond acceptors (Lipinski definition) is 6. The van der Waals surface area contributed by atoms with Crippen LogP contribution in [0.1, 0.15) is 26.3 Å². The molecule has 10 heteroatoms. The molecule has 0 heterocycles. The molecule has 3 aromatic carbocycles. The Morgan fingerprint density at radius 1 is 1.00 bits per heavy atom. The molecule has 0 aliphatic rings. The normalized spacial score (nSPS) is 10.6. The molecular formula is C21H15BrN4O5. The number of phenolic OH excluding ortho intramolecular Hbond substituents is 1. The van der Waals surface area contributed by atoms with Crippen molar-refractivity contribution < 1.29 is 19.6 Å². The number of amides is 2. The van der Waals surface area contributed by atoms with Crippen LogP contribution in [0.2, 0.25) is 0 Å². The summed E-state index contributed by atoms with van der Waals surface area (Å²) in [6.07, 6.45) is 1.30. The van der Waals surface area contributed by atoms with E-state index in [1.165, 1.54) is 42.6 Å². The van der Waals surface area contributed by atoms with Gasteiger partial charge < -0.3 is 10.4 Å². The number of hydrazone groups is 1. The lowest BCUT2D eigenvalue weighted by molar-refractivity contribution is -0.384. The number of phenols is 1. The Kier molecular flexibility index (Phi) is 6.73. The lowest BCUT2D eigenvalue weighted by atomic mass is 10.1. The van der Waals surface area contributed by atoms with Crippen LogP contribution in [-0.4, -0.2) is 28.1 Å². The number of nitrogens with one attached hydrogen (secondary N) is 2. The third-order valence-corrected chi connectivity index (χ3v) is 4.55. The van der Waals surface area contributed by atoms with Crippen molar-refractivity contribution in [2.75, 3.05) is 5.32 Å². The second kappa shape index (κ2) is 9.63. The van der Waals surface area contributed by atoms with Crippen molar-refractivity contribution in [3.63, 3.8) is 0 Å². The largest absolute Gasteiger partial charge is 0.507 e. The highest BCUT2D eigenvalue weighted by Crippen LogP contribution is 2.20. The summed E-state index contributed by atoms with van der Waals surface area (Å²) in [5, 5.41) is 27.1. The molecule has 0 unspecified atom stereocenters. The van der Waals surface area contributed by atoms with E-state index in [4.69, 9.17) is 0 Å². The van der Waals surface area contributed by atoms with Gasteiger partial charge in [-0.05, 0) is 42.5 Å². The van der Waals surface area contributed by atoms with Crippen LogP contribution in [-0.2, 0) is 0 Å². The van der Waals surface area contributed by atoms with E-state index < -0.39 is 16.7 Å². The van der Waals surface area contributed by atoms with Gasteiger partial charge in [-0.1, -0.05) is 28.1 Å². The zero-order valence-corrected chi connectivity index (χ0v) is 17.4. The standard InChI is InChI=1S/C21H15BrN4O5/c22-16-7-8-19(27)15(9-16)12-23-25-21(29)13-3-1-5-17(10-13)24-20(28)14-4-2-6-18(11-14)26(30)31/h1-12,27H,(H,24,28)(H,25,29)/b23-12+. The summed E-state index contributed by atoms with van der Waals surface area (Å²) in [6, 6.07) is 16.2. The van der Waals surface area contributed by atoms with Crippen molar-refractivity contribution in [2.24, 2.45) is 5.10 Å². The summed E-state index contributed by atoms with van der Waals surface area (Å²) in [5.41, 5.74) is 3.23. The van der Waals surface area contributed by atoms with Crippen molar-refractivity contribution in [1.29, 1.82) is 0 Å². The monoisotopic (exact) mass is 482 g/mol. The van der Waals surface area contributed by atoms with Crippen LogP contribution < -0.4 is 10.7 Å². The Balaban J connectivity index is 1.68. The second-order valence-electron chi connectivity index (χ2n) is 6.24. The average Bonchev–Trinajstić information content (AvgIpc) is 2.76. The smallest absolute Gasteiger partial charge is 0.271 e. The number of nitrogens with zero attached hydrogens (tertiary/aromatic N) is 2. The van der Waals surface area contributed by atoms with Crippen LogP contribution in [0.4, 0.5) is 11.4 Å². The van der Waals surface area contributed by atoms with Crippen LogP contribution >= 0.6 is 15.9 Å². The lowest BCUT2D eigenvalue weighted by Gasteiger charge is -2.07. The minimum Gasteiger partial charge on any atom is -0.507 e. The van der Waals surface area contributed by atoms with Gasteiger partial charge in [0, 0.05) is 39.0 Å². The molecule has 9 nitrogen and oxygen atoms in total. The van der Waals surface area contributed by atoms with E-state index in [-0.39, 0.29) is 22.6 Å². The number of carbonyl (C=O) groups is 2. The Bertz CT molecular complexity index is 1200. The molecule has 0 fully saturated rings. The van der Waals surface area contributed by atoms with Gasteiger partial charge in [0.25, 0.3) is 17.5 Å². The summed E-state index contributed by atoms with van der Waals surface area (Å²) in [5.74, 6) is -1.08. The number of benzene rings is 3. The van der Waals surface area contributed by atoms with Crippen LogP contribution in [0.3, 0.4) is 0 Å². The maximum atomic E-state index is 12.4. The van der Waals surface area contributed by atoms with E-state index in [1.807, 2.05) is 0 Å². The van der Waals surface area contributed by atoms with Crippen LogP contribution in [0.15, 0.2) is 76.3 Å². The highest BCUT2D eigenvalue weighted by molar-refractivity contribution is 9.10. The SMILES string of the molecule is O=C(N/N=C/c1cc(Br)ccc1O)c1cccc(NC(=O)c2cccc([N+](=O)[O-])c2)c1. The molecule has 3 aromatic rings. The minimum absolute atomic E-state index is 0.00653. The average molecular weight is 483 g/mol. The number of carbonyl (C=O) groups excluding carboxylic acids is 2. The first-order chi connectivity index (χ1) is 14.8. The molecule has 31 heavy (non-hydrogen) atoms. The van der Waals surface area contributed by atoms with Crippen LogP contribution in [0.25, 0.3) is 0 Å². The zero-order chi connectivity index (χ0) is 22.4. The maximum Gasteiger partial charge on any atom is 0.271 e. The van der Waals surface area contributed by atoms with Gasteiger partial charge in [-0.2, -0.15) is 5.10 Å². The maximum absolute atomic E-state index is 12.4. The molecule has 0 spiro atoms. The number of non-ortho nitro benzene ring substituents is 1. The van der Waals surface area contributed by atoms with Crippen molar-refractivity contribution in [3.05, 3.63) is 98.0 Å². The number of rotatable bonds is 6. The fourth-order valence-electron chi connectivity index (χ4n) is 2.56. The van der Waals surface area contributed by atoms with Crippen molar-refractivity contribution in [2.45, 2.75) is 0 Å². The van der Waals surface area contributed by atoms with Gasteiger partial charge in [-0.25, -0.2) is 5.43 Å². The topological polar surface area (TPSA) is 134 Å². The Morgan fingerprint density at radius 3 is 2.45 bits per heavy atom. The molecule has 0 radical (unpaired) electrons. The van der Waals surface area contributed by atoms with Crippen molar-refractivity contribution in [1.82, 2.24) is 5.43 Å². The molecule has 3 rings (SSSR count). The zero-order valence-electron chi connectivity index (χ0n) is 15.8. The quantitative estimate of drug-likeness (QED) is 0.276. The number of aromatic hydroxyl groups is 1. The molecular weight excluding hydrogens is 468 g/mol. The predicted octanol–water partition coefficient (Wildman–Crippen LogP) is 4.08. The van der Waals surface area contributed by atoms with E-state index >= 15 is 0 Å². The van der Waals surface area contributed by atoms with E-state index in [0.29, 0.717) is 11.3 Å². The van der Waals surface area contributed by atoms with Crippen molar-refractivity contribution >= 4 is 45.3 Å². The Morgan fingerprint density at radius 2 is 1.71 bits per heavy atom. The van der Waals surface area contributed by atoms with Crippen molar-refractivity contribution in [3.8, 4) is 5.75 Å².